The lowest BCUT2D eigenvalue weighted by Gasteiger charge is -2.40. The Morgan fingerprint density at radius 2 is 2.22 bits per heavy atom. The van der Waals surface area contributed by atoms with E-state index in [9.17, 15) is 4.79 Å². The Labute approximate surface area is 112 Å². The molecule has 0 aliphatic heterocycles. The van der Waals surface area contributed by atoms with Gasteiger partial charge in [-0.25, -0.2) is 0 Å². The molecule has 1 aromatic rings. The Morgan fingerprint density at radius 1 is 1.56 bits per heavy atom. The van der Waals surface area contributed by atoms with E-state index in [2.05, 4.69) is 5.10 Å². The molecule has 0 spiro atoms. The van der Waals surface area contributed by atoms with E-state index in [1.54, 1.807) is 18.8 Å². The smallest absolute Gasteiger partial charge is 0.140 e. The fraction of sp³-hybridized carbons (Fsp3) is 0.692. The summed E-state index contributed by atoms with van der Waals surface area (Å²) in [7, 11) is 3.47. The van der Waals surface area contributed by atoms with Crippen LogP contribution in [0.15, 0.2) is 0 Å². The zero-order chi connectivity index (χ0) is 13.3. The summed E-state index contributed by atoms with van der Waals surface area (Å²) < 4.78 is 7.08. The van der Waals surface area contributed by atoms with E-state index in [1.807, 2.05) is 6.92 Å². The second kappa shape index (κ2) is 5.02. The highest BCUT2D eigenvalue weighted by Gasteiger charge is 2.38. The van der Waals surface area contributed by atoms with Crippen molar-refractivity contribution in [1.29, 1.82) is 0 Å². The van der Waals surface area contributed by atoms with E-state index >= 15 is 0 Å². The minimum atomic E-state index is -0.209. The predicted molar refractivity (Wildman–Crippen MR) is 69.9 cm³/mol. The van der Waals surface area contributed by atoms with Crippen LogP contribution in [0.4, 0.5) is 0 Å². The van der Waals surface area contributed by atoms with Crippen molar-refractivity contribution in [1.82, 2.24) is 9.78 Å². The molecule has 5 heteroatoms. The van der Waals surface area contributed by atoms with Gasteiger partial charge in [0, 0.05) is 32.6 Å². The number of aromatic nitrogens is 2. The van der Waals surface area contributed by atoms with Crippen LogP contribution in [0, 0.1) is 6.92 Å². The lowest BCUT2D eigenvalue weighted by atomic mass is 9.76. The molecular weight excluding hydrogens is 252 g/mol. The third kappa shape index (κ3) is 2.45. The van der Waals surface area contributed by atoms with Gasteiger partial charge in [-0.3, -0.25) is 9.48 Å². The first kappa shape index (κ1) is 13.6. The largest absolute Gasteiger partial charge is 0.378 e. The first-order valence-electron chi connectivity index (χ1n) is 6.22. The summed E-state index contributed by atoms with van der Waals surface area (Å²) in [6, 6.07) is 0. The molecule has 0 saturated heterocycles. The summed E-state index contributed by atoms with van der Waals surface area (Å²) in [5.74, 6) is 0.176. The van der Waals surface area contributed by atoms with Crippen molar-refractivity contribution in [3.05, 3.63) is 16.4 Å². The van der Waals surface area contributed by atoms with Gasteiger partial charge in [0.05, 0.1) is 11.3 Å². The van der Waals surface area contributed by atoms with Crippen LogP contribution in [0.5, 0.6) is 0 Å². The molecule has 100 valence electrons. The number of rotatable bonds is 5. The van der Waals surface area contributed by atoms with E-state index in [-0.39, 0.29) is 11.4 Å². The number of hydrogen-bond donors (Lipinski definition) is 0. The summed E-state index contributed by atoms with van der Waals surface area (Å²) in [4.78, 5) is 12.1. The van der Waals surface area contributed by atoms with Crippen LogP contribution >= 0.6 is 11.6 Å². The van der Waals surface area contributed by atoms with Crippen molar-refractivity contribution in [3.8, 4) is 0 Å². The number of carbonyl (C=O) groups excluding carboxylic acids is 1. The normalized spacial score (nSPS) is 17.6. The van der Waals surface area contributed by atoms with Gasteiger partial charge in [-0.1, -0.05) is 11.6 Å². The van der Waals surface area contributed by atoms with Crippen molar-refractivity contribution in [2.45, 2.75) is 44.6 Å². The van der Waals surface area contributed by atoms with Crippen LogP contribution < -0.4 is 0 Å². The molecule has 0 N–H and O–H groups in total. The van der Waals surface area contributed by atoms with Gasteiger partial charge >= 0.3 is 0 Å². The molecule has 2 rings (SSSR count). The predicted octanol–water partition coefficient (Wildman–Crippen LogP) is 2.45. The molecule has 0 radical (unpaired) electrons. The van der Waals surface area contributed by atoms with E-state index in [1.165, 1.54) is 0 Å². The molecule has 1 aliphatic rings. The highest BCUT2D eigenvalue weighted by Crippen LogP contribution is 2.38. The van der Waals surface area contributed by atoms with Gasteiger partial charge in [0.25, 0.3) is 0 Å². The van der Waals surface area contributed by atoms with Crippen molar-refractivity contribution < 1.29 is 9.53 Å². The molecular formula is C13H19ClN2O2. The molecule has 0 amide bonds. The average Bonchev–Trinajstić information content (AvgIpc) is 2.51. The SMILES string of the molecule is COC1(CC(=O)Cc2c(C)nn(C)c2Cl)CCC1. The third-order valence-corrected chi connectivity index (χ3v) is 4.33. The van der Waals surface area contributed by atoms with Gasteiger partial charge in [0.1, 0.15) is 10.9 Å². The zero-order valence-corrected chi connectivity index (χ0v) is 11.9. The number of carbonyl (C=O) groups is 1. The molecule has 0 atom stereocenters. The topological polar surface area (TPSA) is 44.1 Å². The average molecular weight is 271 g/mol. The van der Waals surface area contributed by atoms with Crippen LogP contribution in [0.25, 0.3) is 0 Å². The molecule has 1 aliphatic carbocycles. The number of ketones is 1. The van der Waals surface area contributed by atoms with E-state index in [0.717, 1.165) is 30.5 Å². The van der Waals surface area contributed by atoms with Crippen molar-refractivity contribution >= 4 is 17.4 Å². The number of halogens is 1. The second-order valence-electron chi connectivity index (χ2n) is 5.11. The van der Waals surface area contributed by atoms with E-state index in [0.29, 0.717) is 18.0 Å². The fourth-order valence-electron chi connectivity index (χ4n) is 2.52. The van der Waals surface area contributed by atoms with E-state index < -0.39 is 0 Å². The Balaban J connectivity index is 2.03. The molecule has 0 unspecified atom stereocenters. The monoisotopic (exact) mass is 270 g/mol. The van der Waals surface area contributed by atoms with Gasteiger partial charge < -0.3 is 4.74 Å². The third-order valence-electron chi connectivity index (χ3n) is 3.86. The lowest BCUT2D eigenvalue weighted by molar-refractivity contribution is -0.131. The van der Waals surface area contributed by atoms with Gasteiger partial charge in [-0.15, -0.1) is 0 Å². The molecule has 1 heterocycles. The first-order chi connectivity index (χ1) is 8.47. The molecule has 0 aromatic carbocycles. The minimum absolute atomic E-state index is 0.176. The minimum Gasteiger partial charge on any atom is -0.378 e. The molecule has 1 fully saturated rings. The maximum Gasteiger partial charge on any atom is 0.140 e. The molecule has 18 heavy (non-hydrogen) atoms. The van der Waals surface area contributed by atoms with Crippen LogP contribution in [0.3, 0.4) is 0 Å². The highest BCUT2D eigenvalue weighted by atomic mass is 35.5. The number of ether oxygens (including phenoxy) is 1. The first-order valence-corrected chi connectivity index (χ1v) is 6.60. The molecule has 1 saturated carbocycles. The van der Waals surface area contributed by atoms with Crippen LogP contribution in [-0.4, -0.2) is 28.3 Å². The molecule has 1 aromatic heterocycles. The number of methoxy groups -OCH3 is 1. The number of hydrogen-bond acceptors (Lipinski definition) is 3. The second-order valence-corrected chi connectivity index (χ2v) is 5.47. The van der Waals surface area contributed by atoms with Gasteiger partial charge in [0.2, 0.25) is 0 Å². The van der Waals surface area contributed by atoms with E-state index in [4.69, 9.17) is 16.3 Å². The number of aryl methyl sites for hydroxylation is 2. The van der Waals surface area contributed by atoms with Crippen LogP contribution in [0.2, 0.25) is 5.15 Å². The quantitative estimate of drug-likeness (QED) is 0.826. The maximum atomic E-state index is 12.1. The highest BCUT2D eigenvalue weighted by molar-refractivity contribution is 6.30. The van der Waals surface area contributed by atoms with Crippen molar-refractivity contribution in [2.24, 2.45) is 7.05 Å². The number of nitrogens with zero attached hydrogens (tertiary/aromatic N) is 2. The van der Waals surface area contributed by atoms with Crippen LogP contribution in [0.1, 0.15) is 36.9 Å². The van der Waals surface area contributed by atoms with Gasteiger partial charge in [-0.2, -0.15) is 5.10 Å². The molecule has 0 bridgehead atoms. The lowest BCUT2D eigenvalue weighted by Crippen LogP contribution is -2.41. The fourth-order valence-corrected chi connectivity index (χ4v) is 2.76. The van der Waals surface area contributed by atoms with Crippen molar-refractivity contribution in [3.63, 3.8) is 0 Å². The van der Waals surface area contributed by atoms with Gasteiger partial charge in [0.15, 0.2) is 0 Å². The van der Waals surface area contributed by atoms with Crippen LogP contribution in [-0.2, 0) is 23.0 Å². The number of Topliss-reactive ketones (excluding diaryl/α,β-unsaturated/α-hetero) is 1. The Morgan fingerprint density at radius 3 is 2.61 bits per heavy atom. The standard InChI is InChI=1S/C13H19ClN2O2/c1-9-11(12(14)16(2)15-9)7-10(17)8-13(18-3)5-4-6-13/h4-8H2,1-3H3. The summed E-state index contributed by atoms with van der Waals surface area (Å²) in [5.41, 5.74) is 1.46. The summed E-state index contributed by atoms with van der Waals surface area (Å²) in [6.07, 6.45) is 3.94. The summed E-state index contributed by atoms with van der Waals surface area (Å²) in [5, 5.41) is 4.77. The zero-order valence-electron chi connectivity index (χ0n) is 11.1. The Bertz CT molecular complexity index is 458. The molecule has 4 nitrogen and oxygen atoms in total. The summed E-state index contributed by atoms with van der Waals surface area (Å²) in [6.45, 7) is 1.88. The summed E-state index contributed by atoms with van der Waals surface area (Å²) >= 11 is 6.13. The van der Waals surface area contributed by atoms with Crippen molar-refractivity contribution in [2.75, 3.05) is 7.11 Å². The Hall–Kier alpha value is -0.870. The maximum absolute atomic E-state index is 12.1. The van der Waals surface area contributed by atoms with Gasteiger partial charge in [-0.05, 0) is 26.2 Å². The Kier molecular flexibility index (Phi) is 3.78.